The zero-order valence-corrected chi connectivity index (χ0v) is 10.9. The molecule has 17 heavy (non-hydrogen) atoms. The molecule has 1 amide bonds. The fourth-order valence-electron chi connectivity index (χ4n) is 2.16. The monoisotopic (exact) mass is 244 g/mol. The van der Waals surface area contributed by atoms with Crippen molar-refractivity contribution in [2.24, 2.45) is 11.3 Å². The Kier molecular flexibility index (Phi) is 4.52. The number of nitrogens with one attached hydrogen (secondary N) is 2. The third-order valence-corrected chi connectivity index (χ3v) is 3.72. The summed E-state index contributed by atoms with van der Waals surface area (Å²) in [5.41, 5.74) is -1.63. The third-order valence-electron chi connectivity index (χ3n) is 3.72. The number of rotatable bonds is 5. The summed E-state index contributed by atoms with van der Waals surface area (Å²) in [6, 6.07) is 0. The minimum atomic E-state index is -1.25. The van der Waals surface area contributed by atoms with Crippen LogP contribution >= 0.6 is 0 Å². The van der Waals surface area contributed by atoms with Gasteiger partial charge in [0, 0.05) is 13.1 Å². The lowest BCUT2D eigenvalue weighted by Crippen LogP contribution is -2.51. The maximum atomic E-state index is 12.2. The minimum Gasteiger partial charge on any atom is -0.393 e. The fraction of sp³-hybridized carbons (Fsp3) is 0.917. The smallest absolute Gasteiger partial charge is 0.227 e. The normalized spacial score (nSPS) is 28.1. The van der Waals surface area contributed by atoms with Gasteiger partial charge in [-0.3, -0.25) is 4.79 Å². The van der Waals surface area contributed by atoms with E-state index >= 15 is 0 Å². The van der Waals surface area contributed by atoms with Crippen LogP contribution in [0, 0.1) is 11.3 Å². The Morgan fingerprint density at radius 1 is 1.59 bits per heavy atom. The topological polar surface area (TPSA) is 81.6 Å². The molecule has 1 fully saturated rings. The van der Waals surface area contributed by atoms with E-state index in [1.807, 2.05) is 13.8 Å². The number of hydrogen-bond acceptors (Lipinski definition) is 4. The van der Waals surface area contributed by atoms with E-state index in [1.165, 1.54) is 6.92 Å². The van der Waals surface area contributed by atoms with Crippen LogP contribution in [0.15, 0.2) is 0 Å². The molecule has 0 aliphatic carbocycles. The second-order valence-corrected chi connectivity index (χ2v) is 5.58. The van der Waals surface area contributed by atoms with E-state index in [4.69, 9.17) is 5.11 Å². The number of carbonyl (C=O) groups is 1. The SMILES string of the molecule is CC(C)C1(C(=O)NCC(C)(O)CO)CCNC1. The van der Waals surface area contributed by atoms with Gasteiger partial charge in [0.15, 0.2) is 0 Å². The Bertz CT molecular complexity index is 271. The van der Waals surface area contributed by atoms with E-state index in [-0.39, 0.29) is 30.4 Å². The molecular formula is C12H24N2O3. The molecule has 1 aliphatic rings. The first-order valence-corrected chi connectivity index (χ1v) is 6.16. The van der Waals surface area contributed by atoms with Crippen LogP contribution in [0.3, 0.4) is 0 Å². The summed E-state index contributed by atoms with van der Waals surface area (Å²) in [7, 11) is 0. The molecule has 2 unspecified atom stereocenters. The van der Waals surface area contributed by atoms with Gasteiger partial charge in [0.05, 0.1) is 12.0 Å². The molecule has 0 spiro atoms. The highest BCUT2D eigenvalue weighted by molar-refractivity contribution is 5.83. The van der Waals surface area contributed by atoms with Gasteiger partial charge in [-0.2, -0.15) is 0 Å². The van der Waals surface area contributed by atoms with Gasteiger partial charge in [-0.1, -0.05) is 13.8 Å². The highest BCUT2D eigenvalue weighted by atomic mass is 16.3. The van der Waals surface area contributed by atoms with Crippen molar-refractivity contribution in [1.29, 1.82) is 0 Å². The first kappa shape index (κ1) is 14.4. The van der Waals surface area contributed by atoms with Crippen LogP contribution in [-0.4, -0.2) is 48.0 Å². The second-order valence-electron chi connectivity index (χ2n) is 5.58. The molecule has 1 rings (SSSR count). The standard InChI is InChI=1S/C12H24N2O3/c1-9(2)12(4-5-13-7-12)10(16)14-6-11(3,17)8-15/h9,13,15,17H,4-8H2,1-3H3,(H,14,16). The lowest BCUT2D eigenvalue weighted by atomic mass is 9.75. The number of aliphatic hydroxyl groups is 2. The van der Waals surface area contributed by atoms with Gasteiger partial charge in [0.25, 0.3) is 0 Å². The third kappa shape index (κ3) is 3.18. The molecule has 5 heteroatoms. The Balaban J connectivity index is 2.62. The maximum absolute atomic E-state index is 12.2. The zero-order valence-electron chi connectivity index (χ0n) is 10.9. The molecule has 100 valence electrons. The van der Waals surface area contributed by atoms with Gasteiger partial charge >= 0.3 is 0 Å². The van der Waals surface area contributed by atoms with Crippen LogP contribution in [0.2, 0.25) is 0 Å². The van der Waals surface area contributed by atoms with Crippen LogP contribution in [0.5, 0.6) is 0 Å². The van der Waals surface area contributed by atoms with E-state index in [0.717, 1.165) is 13.0 Å². The van der Waals surface area contributed by atoms with Gasteiger partial charge < -0.3 is 20.8 Å². The summed E-state index contributed by atoms with van der Waals surface area (Å²) in [5.74, 6) is 0.211. The average Bonchev–Trinajstić information content (AvgIpc) is 2.76. The zero-order chi connectivity index (χ0) is 13.1. The molecule has 1 saturated heterocycles. The molecule has 1 aliphatic heterocycles. The molecular weight excluding hydrogens is 220 g/mol. The molecule has 0 saturated carbocycles. The Morgan fingerprint density at radius 3 is 2.65 bits per heavy atom. The summed E-state index contributed by atoms with van der Waals surface area (Å²) in [6.07, 6.45) is 0.817. The van der Waals surface area contributed by atoms with Crippen molar-refractivity contribution < 1.29 is 15.0 Å². The summed E-state index contributed by atoms with van der Waals surface area (Å²) in [5, 5.41) is 24.6. The van der Waals surface area contributed by atoms with Crippen molar-refractivity contribution in [1.82, 2.24) is 10.6 Å². The predicted octanol–water partition coefficient (Wildman–Crippen LogP) is -0.518. The predicted molar refractivity (Wildman–Crippen MR) is 65.5 cm³/mol. The molecule has 0 aromatic carbocycles. The fourth-order valence-corrected chi connectivity index (χ4v) is 2.16. The Morgan fingerprint density at radius 2 is 2.24 bits per heavy atom. The molecule has 4 N–H and O–H groups in total. The molecule has 0 radical (unpaired) electrons. The minimum absolute atomic E-state index is 0.0359. The highest BCUT2D eigenvalue weighted by Crippen LogP contribution is 2.34. The van der Waals surface area contributed by atoms with E-state index in [2.05, 4.69) is 10.6 Å². The Labute approximate surface area is 103 Å². The molecule has 1 heterocycles. The molecule has 2 atom stereocenters. The van der Waals surface area contributed by atoms with Crippen LogP contribution in [0.1, 0.15) is 27.2 Å². The largest absolute Gasteiger partial charge is 0.393 e. The second kappa shape index (κ2) is 5.33. The summed E-state index contributed by atoms with van der Waals surface area (Å²) >= 11 is 0. The number of amides is 1. The first-order valence-electron chi connectivity index (χ1n) is 6.16. The van der Waals surface area contributed by atoms with Crippen molar-refractivity contribution >= 4 is 5.91 Å². The van der Waals surface area contributed by atoms with Gasteiger partial charge in [-0.25, -0.2) is 0 Å². The van der Waals surface area contributed by atoms with E-state index in [0.29, 0.717) is 6.54 Å². The van der Waals surface area contributed by atoms with Crippen molar-refractivity contribution in [3.8, 4) is 0 Å². The van der Waals surface area contributed by atoms with Gasteiger partial charge in [-0.05, 0) is 25.8 Å². The molecule has 0 aromatic heterocycles. The molecule has 0 aromatic rings. The molecule has 5 nitrogen and oxygen atoms in total. The average molecular weight is 244 g/mol. The Hall–Kier alpha value is -0.650. The van der Waals surface area contributed by atoms with E-state index in [1.54, 1.807) is 0 Å². The molecule has 0 bridgehead atoms. The highest BCUT2D eigenvalue weighted by Gasteiger charge is 2.44. The van der Waals surface area contributed by atoms with Crippen molar-refractivity contribution in [2.75, 3.05) is 26.2 Å². The van der Waals surface area contributed by atoms with E-state index < -0.39 is 5.60 Å². The van der Waals surface area contributed by atoms with Gasteiger partial charge in [0.1, 0.15) is 5.60 Å². The van der Waals surface area contributed by atoms with E-state index in [9.17, 15) is 9.90 Å². The number of aliphatic hydroxyl groups excluding tert-OH is 1. The summed E-state index contributed by atoms with van der Waals surface area (Å²) in [6.45, 7) is 6.83. The maximum Gasteiger partial charge on any atom is 0.227 e. The van der Waals surface area contributed by atoms with Crippen molar-refractivity contribution in [2.45, 2.75) is 32.8 Å². The van der Waals surface area contributed by atoms with Gasteiger partial charge in [0.2, 0.25) is 5.91 Å². The number of hydrogen-bond donors (Lipinski definition) is 4. The summed E-state index contributed by atoms with van der Waals surface area (Å²) in [4.78, 5) is 12.2. The van der Waals surface area contributed by atoms with Crippen LogP contribution in [0.4, 0.5) is 0 Å². The van der Waals surface area contributed by atoms with Crippen molar-refractivity contribution in [3.05, 3.63) is 0 Å². The van der Waals surface area contributed by atoms with Crippen LogP contribution in [0.25, 0.3) is 0 Å². The lowest BCUT2D eigenvalue weighted by Gasteiger charge is -2.32. The quantitative estimate of drug-likeness (QED) is 0.524. The van der Waals surface area contributed by atoms with Gasteiger partial charge in [-0.15, -0.1) is 0 Å². The number of carbonyl (C=O) groups excluding carboxylic acids is 1. The van der Waals surface area contributed by atoms with Crippen LogP contribution < -0.4 is 10.6 Å². The summed E-state index contributed by atoms with van der Waals surface area (Å²) < 4.78 is 0. The lowest BCUT2D eigenvalue weighted by molar-refractivity contribution is -0.134. The first-order chi connectivity index (χ1) is 7.84. The van der Waals surface area contributed by atoms with Crippen molar-refractivity contribution in [3.63, 3.8) is 0 Å². The van der Waals surface area contributed by atoms with Crippen LogP contribution in [-0.2, 0) is 4.79 Å².